The van der Waals surface area contributed by atoms with Gasteiger partial charge in [-0.25, -0.2) is 0 Å². The molecular formula is C10H15ClN2O2. The van der Waals surface area contributed by atoms with Gasteiger partial charge in [0.25, 0.3) is 0 Å². The number of aliphatic hydroxyl groups is 1. The number of hydrogen-bond donors (Lipinski definition) is 1. The Kier molecular flexibility index (Phi) is 4.81. The topological polar surface area (TPSA) is 45.6 Å². The summed E-state index contributed by atoms with van der Waals surface area (Å²) in [5.41, 5.74) is 0.849. The van der Waals surface area contributed by atoms with Crippen LogP contribution in [0, 0.1) is 0 Å². The van der Waals surface area contributed by atoms with Gasteiger partial charge in [-0.15, -0.1) is 0 Å². The Labute approximate surface area is 94.4 Å². The fourth-order valence-corrected chi connectivity index (χ4v) is 1.60. The van der Waals surface area contributed by atoms with Crippen LogP contribution in [0.25, 0.3) is 0 Å². The maximum Gasteiger partial charge on any atom is 0.0947 e. The number of pyridine rings is 1. The van der Waals surface area contributed by atoms with Crippen LogP contribution in [0.15, 0.2) is 18.5 Å². The summed E-state index contributed by atoms with van der Waals surface area (Å²) < 4.78 is 4.85. The van der Waals surface area contributed by atoms with Crippen molar-refractivity contribution < 1.29 is 9.84 Å². The minimum atomic E-state index is -0.524. The number of hydrogen-bond acceptors (Lipinski definition) is 4. The molecule has 0 aliphatic rings. The molecular weight excluding hydrogens is 216 g/mol. The Balaban J connectivity index is 2.61. The molecule has 1 heterocycles. The molecule has 0 bridgehead atoms. The average Bonchev–Trinajstić information content (AvgIpc) is 2.18. The Hall–Kier alpha value is -0.840. The zero-order valence-electron chi connectivity index (χ0n) is 8.85. The second-order valence-electron chi connectivity index (χ2n) is 3.32. The maximum absolute atomic E-state index is 9.55. The van der Waals surface area contributed by atoms with Gasteiger partial charge >= 0.3 is 0 Å². The lowest BCUT2D eigenvalue weighted by Gasteiger charge is -2.22. The van der Waals surface area contributed by atoms with Gasteiger partial charge in [0.05, 0.1) is 23.4 Å². The first kappa shape index (κ1) is 12.2. The predicted molar refractivity (Wildman–Crippen MR) is 60.4 cm³/mol. The van der Waals surface area contributed by atoms with E-state index in [1.807, 2.05) is 18.0 Å². The van der Waals surface area contributed by atoms with E-state index in [4.69, 9.17) is 16.3 Å². The number of aliphatic hydroxyl groups excluding tert-OH is 1. The van der Waals surface area contributed by atoms with E-state index in [9.17, 15) is 5.11 Å². The number of halogens is 1. The van der Waals surface area contributed by atoms with Gasteiger partial charge < -0.3 is 14.7 Å². The molecule has 1 N–H and O–H groups in total. The van der Waals surface area contributed by atoms with E-state index in [0.29, 0.717) is 18.2 Å². The van der Waals surface area contributed by atoms with Gasteiger partial charge in [-0.05, 0) is 6.07 Å². The fourth-order valence-electron chi connectivity index (χ4n) is 1.34. The van der Waals surface area contributed by atoms with Crippen molar-refractivity contribution in [2.75, 3.05) is 32.2 Å². The fraction of sp³-hybridized carbons (Fsp3) is 0.500. The van der Waals surface area contributed by atoms with Crippen molar-refractivity contribution in [2.45, 2.75) is 6.10 Å². The van der Waals surface area contributed by atoms with E-state index in [1.165, 1.54) is 0 Å². The minimum Gasteiger partial charge on any atom is -0.389 e. The van der Waals surface area contributed by atoms with E-state index in [0.717, 1.165) is 5.69 Å². The van der Waals surface area contributed by atoms with E-state index in [2.05, 4.69) is 4.98 Å². The summed E-state index contributed by atoms with van der Waals surface area (Å²) in [6, 6.07) is 1.81. The zero-order chi connectivity index (χ0) is 11.3. The summed E-state index contributed by atoms with van der Waals surface area (Å²) in [7, 11) is 3.42. The van der Waals surface area contributed by atoms with Gasteiger partial charge in [0, 0.05) is 33.1 Å². The second-order valence-corrected chi connectivity index (χ2v) is 3.72. The molecule has 15 heavy (non-hydrogen) atoms. The van der Waals surface area contributed by atoms with Crippen LogP contribution in [0.1, 0.15) is 0 Å². The van der Waals surface area contributed by atoms with Gasteiger partial charge in [-0.1, -0.05) is 11.6 Å². The number of anilines is 1. The highest BCUT2D eigenvalue weighted by Gasteiger charge is 2.10. The lowest BCUT2D eigenvalue weighted by atomic mass is 10.3. The highest BCUT2D eigenvalue weighted by Crippen LogP contribution is 2.22. The predicted octanol–water partition coefficient (Wildman–Crippen LogP) is 1.18. The van der Waals surface area contributed by atoms with Crippen molar-refractivity contribution in [1.29, 1.82) is 0 Å². The second kappa shape index (κ2) is 5.90. The van der Waals surface area contributed by atoms with Crippen LogP contribution < -0.4 is 4.90 Å². The van der Waals surface area contributed by atoms with Crippen LogP contribution in [0.5, 0.6) is 0 Å². The number of aromatic nitrogens is 1. The maximum atomic E-state index is 9.55. The average molecular weight is 231 g/mol. The monoisotopic (exact) mass is 230 g/mol. The molecule has 1 aromatic rings. The molecule has 5 heteroatoms. The lowest BCUT2D eigenvalue weighted by molar-refractivity contribution is 0.0695. The molecule has 1 atom stereocenters. The summed E-state index contributed by atoms with van der Waals surface area (Å²) in [5.74, 6) is 0. The number of rotatable bonds is 5. The van der Waals surface area contributed by atoms with Crippen LogP contribution in [0.4, 0.5) is 5.69 Å². The molecule has 0 aliphatic heterocycles. The normalized spacial score (nSPS) is 12.5. The largest absolute Gasteiger partial charge is 0.389 e. The summed E-state index contributed by atoms with van der Waals surface area (Å²) in [5, 5.41) is 10.1. The third kappa shape index (κ3) is 3.66. The summed E-state index contributed by atoms with van der Waals surface area (Å²) in [4.78, 5) is 5.77. The van der Waals surface area contributed by atoms with E-state index < -0.39 is 6.10 Å². The van der Waals surface area contributed by atoms with Crippen molar-refractivity contribution in [3.8, 4) is 0 Å². The van der Waals surface area contributed by atoms with Crippen LogP contribution in [0.3, 0.4) is 0 Å². The van der Waals surface area contributed by atoms with Gasteiger partial charge in [-0.2, -0.15) is 0 Å². The molecule has 0 aliphatic carbocycles. The number of nitrogens with zero attached hydrogens (tertiary/aromatic N) is 2. The number of ether oxygens (including phenoxy) is 1. The molecule has 0 fully saturated rings. The van der Waals surface area contributed by atoms with Crippen molar-refractivity contribution >= 4 is 17.3 Å². The first-order valence-corrected chi connectivity index (χ1v) is 5.00. The van der Waals surface area contributed by atoms with Crippen LogP contribution in [-0.2, 0) is 4.74 Å². The molecule has 4 nitrogen and oxygen atoms in total. The Bertz CT molecular complexity index is 309. The third-order valence-electron chi connectivity index (χ3n) is 2.01. The SMILES string of the molecule is COCC(O)CN(C)c1ccncc1Cl. The van der Waals surface area contributed by atoms with Crippen molar-refractivity contribution in [3.05, 3.63) is 23.5 Å². The van der Waals surface area contributed by atoms with Gasteiger partial charge in [0.15, 0.2) is 0 Å². The number of likely N-dealkylation sites (N-methyl/N-ethyl adjacent to an activating group) is 1. The minimum absolute atomic E-state index is 0.313. The van der Waals surface area contributed by atoms with Crippen molar-refractivity contribution in [1.82, 2.24) is 4.98 Å². The van der Waals surface area contributed by atoms with Crippen LogP contribution in [-0.4, -0.2) is 43.5 Å². The lowest BCUT2D eigenvalue weighted by Crippen LogP contribution is -2.32. The third-order valence-corrected chi connectivity index (χ3v) is 2.30. The molecule has 1 rings (SSSR count). The summed E-state index contributed by atoms with van der Waals surface area (Å²) in [6.07, 6.45) is 2.72. The number of methoxy groups -OCH3 is 1. The summed E-state index contributed by atoms with van der Waals surface area (Å²) in [6.45, 7) is 0.782. The molecule has 0 radical (unpaired) electrons. The van der Waals surface area contributed by atoms with Crippen molar-refractivity contribution in [2.24, 2.45) is 0 Å². The Morgan fingerprint density at radius 1 is 1.67 bits per heavy atom. The first-order valence-electron chi connectivity index (χ1n) is 4.62. The van der Waals surface area contributed by atoms with Crippen LogP contribution >= 0.6 is 11.6 Å². The van der Waals surface area contributed by atoms with E-state index in [1.54, 1.807) is 19.5 Å². The quantitative estimate of drug-likeness (QED) is 0.825. The van der Waals surface area contributed by atoms with Gasteiger partial charge in [-0.3, -0.25) is 4.98 Å². The molecule has 1 unspecified atom stereocenters. The van der Waals surface area contributed by atoms with Crippen LogP contribution in [0.2, 0.25) is 5.02 Å². The molecule has 0 saturated carbocycles. The highest BCUT2D eigenvalue weighted by molar-refractivity contribution is 6.33. The van der Waals surface area contributed by atoms with Gasteiger partial charge in [0.2, 0.25) is 0 Å². The van der Waals surface area contributed by atoms with E-state index in [-0.39, 0.29) is 0 Å². The Morgan fingerprint density at radius 3 is 3.00 bits per heavy atom. The molecule has 84 valence electrons. The van der Waals surface area contributed by atoms with E-state index >= 15 is 0 Å². The molecule has 1 aromatic heterocycles. The standard InChI is InChI=1S/C10H15ClN2O2/c1-13(6-8(14)7-15-2)10-3-4-12-5-9(10)11/h3-5,8,14H,6-7H2,1-2H3. The Morgan fingerprint density at radius 2 is 2.40 bits per heavy atom. The smallest absolute Gasteiger partial charge is 0.0947 e. The highest BCUT2D eigenvalue weighted by atomic mass is 35.5. The molecule has 0 saturated heterocycles. The summed E-state index contributed by atoms with van der Waals surface area (Å²) >= 11 is 5.96. The van der Waals surface area contributed by atoms with Crippen molar-refractivity contribution in [3.63, 3.8) is 0 Å². The first-order chi connectivity index (χ1) is 7.15. The van der Waals surface area contributed by atoms with Gasteiger partial charge in [0.1, 0.15) is 0 Å². The molecule has 0 aromatic carbocycles. The zero-order valence-corrected chi connectivity index (χ0v) is 9.61. The molecule has 0 spiro atoms. The molecule has 0 amide bonds.